The fourth-order valence-corrected chi connectivity index (χ4v) is 2.14. The molecule has 1 aromatic rings. The highest BCUT2D eigenvalue weighted by molar-refractivity contribution is 6.11. The largest absolute Gasteiger partial charge is 0.618 e. The lowest BCUT2D eigenvalue weighted by Gasteiger charge is -2.16. The summed E-state index contributed by atoms with van der Waals surface area (Å²) in [5.41, 5.74) is 0.605. The van der Waals surface area contributed by atoms with Crippen molar-refractivity contribution >= 4 is 23.0 Å². The first-order valence-corrected chi connectivity index (χ1v) is 7.32. The summed E-state index contributed by atoms with van der Waals surface area (Å²) in [4.78, 5) is 22.5. The number of allylic oxidation sites excluding steroid dienone is 4. The molecule has 0 saturated heterocycles. The quantitative estimate of drug-likeness (QED) is 0.376. The number of para-hydroxylation sites is 1. The van der Waals surface area contributed by atoms with E-state index in [1.807, 2.05) is 0 Å². The van der Waals surface area contributed by atoms with Gasteiger partial charge in [0.15, 0.2) is 18.1 Å². The summed E-state index contributed by atoms with van der Waals surface area (Å²) in [6, 6.07) is 6.14. The minimum atomic E-state index is -0.301. The van der Waals surface area contributed by atoms with Crippen LogP contribution in [0.1, 0.15) is 6.92 Å². The first-order chi connectivity index (χ1) is 11.6. The predicted octanol–water partition coefficient (Wildman–Crippen LogP) is 2.83. The van der Waals surface area contributed by atoms with Crippen LogP contribution < -0.4 is 5.32 Å². The molecule has 1 aliphatic carbocycles. The Morgan fingerprint density at radius 3 is 2.88 bits per heavy atom. The fraction of sp³-hybridized carbons (Fsp3) is 0.176. The summed E-state index contributed by atoms with van der Waals surface area (Å²) in [6.45, 7) is 5.86. The van der Waals surface area contributed by atoms with Gasteiger partial charge < -0.3 is 15.3 Å². The molecule has 124 valence electrons. The van der Waals surface area contributed by atoms with Crippen LogP contribution in [0.15, 0.2) is 65.6 Å². The topological polar surface area (TPSA) is 93.8 Å². The number of nitroso groups, excluding NO2 is 1. The lowest BCUT2D eigenvalue weighted by molar-refractivity contribution is -0.359. The average molecular weight is 327 g/mol. The Bertz CT molecular complexity index is 763. The molecule has 0 spiro atoms. The minimum absolute atomic E-state index is 0.00503. The number of ether oxygens (including phenoxy) is 1. The Morgan fingerprint density at radius 2 is 2.17 bits per heavy atom. The monoisotopic (exact) mass is 327 g/mol. The molecule has 0 aliphatic heterocycles. The van der Waals surface area contributed by atoms with Crippen molar-refractivity contribution < 1.29 is 14.3 Å². The average Bonchev–Trinajstić information content (AvgIpc) is 2.59. The molecule has 1 N–H and O–H groups in total. The van der Waals surface area contributed by atoms with Crippen LogP contribution in [0.5, 0.6) is 0 Å². The van der Waals surface area contributed by atoms with Crippen molar-refractivity contribution in [2.75, 3.05) is 13.2 Å². The van der Waals surface area contributed by atoms with E-state index in [0.717, 1.165) is 0 Å². The predicted molar refractivity (Wildman–Crippen MR) is 91.2 cm³/mol. The normalized spacial score (nSPS) is 15.5. The van der Waals surface area contributed by atoms with Crippen LogP contribution in [0, 0.1) is 10.1 Å². The Kier molecular flexibility index (Phi) is 5.62. The standard InChI is InChI=1S/C17H17N3O4/c1-3-18-16(21)11-24-15-10-6-7-12(2)17(15)20(23)14-9-5-4-8-13(14)19-22/h4-10H,2-3,11H2,1H3,(H,18,21)/b20-17-. The van der Waals surface area contributed by atoms with E-state index >= 15 is 0 Å². The number of carbonyl (C=O) groups is 1. The number of amides is 1. The molecule has 1 aliphatic rings. The van der Waals surface area contributed by atoms with Crippen LogP contribution in [-0.4, -0.2) is 29.5 Å². The number of hydrogen-bond donors (Lipinski definition) is 1. The number of nitrogens with one attached hydrogen (secondary N) is 1. The Hall–Kier alpha value is -3.22. The molecule has 0 saturated carbocycles. The van der Waals surface area contributed by atoms with Crippen LogP contribution in [0.25, 0.3) is 0 Å². The summed E-state index contributed by atoms with van der Waals surface area (Å²) in [5.74, 6) is -0.102. The lowest BCUT2D eigenvalue weighted by Crippen LogP contribution is -2.29. The van der Waals surface area contributed by atoms with E-state index in [1.54, 1.807) is 37.3 Å². The molecule has 0 aromatic heterocycles. The molecular formula is C17H17N3O4. The molecule has 1 aromatic carbocycles. The molecule has 7 heteroatoms. The number of carbonyl (C=O) groups excluding carboxylic acids is 1. The molecule has 0 unspecified atom stereocenters. The molecule has 0 bridgehead atoms. The van der Waals surface area contributed by atoms with E-state index in [0.29, 0.717) is 16.9 Å². The van der Waals surface area contributed by atoms with E-state index in [4.69, 9.17) is 4.74 Å². The van der Waals surface area contributed by atoms with Crippen molar-refractivity contribution in [3.63, 3.8) is 0 Å². The van der Waals surface area contributed by atoms with Gasteiger partial charge in [0.1, 0.15) is 0 Å². The second-order valence-electron chi connectivity index (χ2n) is 4.88. The summed E-state index contributed by atoms with van der Waals surface area (Å²) >= 11 is 0. The molecule has 0 fully saturated rings. The third kappa shape index (κ3) is 3.75. The van der Waals surface area contributed by atoms with Crippen LogP contribution in [0.3, 0.4) is 0 Å². The SMILES string of the molecule is C=C1C=CC=C(OCC(=O)NCC)/C1=[N+](\[O-])c1ccccc1N=O. The number of rotatable bonds is 6. The first kappa shape index (κ1) is 17.1. The maximum Gasteiger partial charge on any atom is 0.266 e. The Labute approximate surface area is 139 Å². The highest BCUT2D eigenvalue weighted by atomic mass is 16.5. The molecule has 1 amide bonds. The molecule has 0 atom stereocenters. The molecule has 0 heterocycles. The second kappa shape index (κ2) is 7.87. The zero-order valence-electron chi connectivity index (χ0n) is 13.2. The number of likely N-dealkylation sites (N-methyl/N-ethyl adjacent to an activating group) is 1. The molecule has 2 rings (SSSR count). The fourth-order valence-electron chi connectivity index (χ4n) is 2.14. The van der Waals surface area contributed by atoms with Crippen molar-refractivity contribution in [3.05, 3.63) is 70.5 Å². The first-order valence-electron chi connectivity index (χ1n) is 7.32. The summed E-state index contributed by atoms with van der Waals surface area (Å²) in [6.07, 6.45) is 4.86. The molecule has 24 heavy (non-hydrogen) atoms. The van der Waals surface area contributed by atoms with Gasteiger partial charge in [0, 0.05) is 18.2 Å². The highest BCUT2D eigenvalue weighted by Gasteiger charge is 2.26. The van der Waals surface area contributed by atoms with Crippen molar-refractivity contribution in [2.45, 2.75) is 6.92 Å². The van der Waals surface area contributed by atoms with Gasteiger partial charge in [-0.05, 0) is 30.3 Å². The van der Waals surface area contributed by atoms with Crippen molar-refractivity contribution in [1.29, 1.82) is 0 Å². The maximum atomic E-state index is 12.7. The van der Waals surface area contributed by atoms with Gasteiger partial charge in [0.05, 0.1) is 0 Å². The Balaban J connectivity index is 2.38. The number of benzene rings is 1. The van der Waals surface area contributed by atoms with Gasteiger partial charge in [-0.2, -0.15) is 4.74 Å². The smallest absolute Gasteiger partial charge is 0.266 e. The van der Waals surface area contributed by atoms with Crippen LogP contribution in [0.4, 0.5) is 11.4 Å². The lowest BCUT2D eigenvalue weighted by atomic mass is 10.0. The number of hydrogen-bond acceptors (Lipinski definition) is 5. The van der Waals surface area contributed by atoms with Gasteiger partial charge in [0.25, 0.3) is 11.6 Å². The second-order valence-corrected chi connectivity index (χ2v) is 4.88. The summed E-state index contributed by atoms with van der Waals surface area (Å²) in [7, 11) is 0. The number of nitrogens with zero attached hydrogens (tertiary/aromatic N) is 2. The van der Waals surface area contributed by atoms with E-state index in [9.17, 15) is 14.9 Å². The van der Waals surface area contributed by atoms with Crippen molar-refractivity contribution in [1.82, 2.24) is 5.32 Å². The highest BCUT2D eigenvalue weighted by Crippen LogP contribution is 2.28. The molecule has 7 nitrogen and oxygen atoms in total. The van der Waals surface area contributed by atoms with Gasteiger partial charge in [-0.15, -0.1) is 4.91 Å². The maximum absolute atomic E-state index is 12.7. The van der Waals surface area contributed by atoms with E-state index in [-0.39, 0.29) is 35.4 Å². The zero-order valence-corrected chi connectivity index (χ0v) is 13.2. The van der Waals surface area contributed by atoms with E-state index in [2.05, 4.69) is 17.1 Å². The van der Waals surface area contributed by atoms with Crippen molar-refractivity contribution in [2.24, 2.45) is 5.18 Å². The van der Waals surface area contributed by atoms with Crippen LogP contribution in [-0.2, 0) is 9.53 Å². The van der Waals surface area contributed by atoms with Gasteiger partial charge in [-0.1, -0.05) is 24.8 Å². The van der Waals surface area contributed by atoms with Gasteiger partial charge in [-0.25, -0.2) is 0 Å². The summed E-state index contributed by atoms with van der Waals surface area (Å²) in [5, 5.41) is 18.2. The van der Waals surface area contributed by atoms with Crippen LogP contribution in [0.2, 0.25) is 0 Å². The molecular weight excluding hydrogens is 310 g/mol. The van der Waals surface area contributed by atoms with E-state index < -0.39 is 0 Å². The zero-order chi connectivity index (χ0) is 17.5. The van der Waals surface area contributed by atoms with Gasteiger partial charge in [0.2, 0.25) is 5.69 Å². The van der Waals surface area contributed by atoms with Crippen molar-refractivity contribution in [3.8, 4) is 0 Å². The summed E-state index contributed by atoms with van der Waals surface area (Å²) < 4.78 is 5.98. The minimum Gasteiger partial charge on any atom is -0.618 e. The van der Waals surface area contributed by atoms with Crippen LogP contribution >= 0.6 is 0 Å². The molecule has 0 radical (unpaired) electrons. The van der Waals surface area contributed by atoms with E-state index in [1.165, 1.54) is 12.1 Å². The Morgan fingerprint density at radius 1 is 1.42 bits per heavy atom. The van der Waals surface area contributed by atoms with Gasteiger partial charge >= 0.3 is 0 Å². The third-order valence-electron chi connectivity index (χ3n) is 3.22. The third-order valence-corrected chi connectivity index (χ3v) is 3.22. The van der Waals surface area contributed by atoms with Gasteiger partial charge in [-0.3, -0.25) is 4.79 Å².